The van der Waals surface area contributed by atoms with Gasteiger partial charge < -0.3 is 10.8 Å². The summed E-state index contributed by atoms with van der Waals surface area (Å²) in [5.74, 6) is -0.422. The van der Waals surface area contributed by atoms with Crippen molar-refractivity contribution in [2.45, 2.75) is 6.42 Å². The van der Waals surface area contributed by atoms with Gasteiger partial charge in [-0.1, -0.05) is 12.1 Å². The minimum Gasteiger partial charge on any atom is -0.507 e. The minimum absolute atomic E-state index is 0.0851. The fourth-order valence-corrected chi connectivity index (χ4v) is 2.99. The first kappa shape index (κ1) is 15.0. The van der Waals surface area contributed by atoms with E-state index in [1.54, 1.807) is 0 Å². The quantitative estimate of drug-likeness (QED) is 0.289. The summed E-state index contributed by atoms with van der Waals surface area (Å²) in [6, 6.07) is 7.56. The van der Waals surface area contributed by atoms with Gasteiger partial charge in [0.05, 0.1) is 0 Å². The molecule has 2 heterocycles. The summed E-state index contributed by atoms with van der Waals surface area (Å²) >= 11 is 1.47. The summed E-state index contributed by atoms with van der Waals surface area (Å²) < 4.78 is 0. The van der Waals surface area contributed by atoms with E-state index in [9.17, 15) is 9.90 Å². The van der Waals surface area contributed by atoms with Crippen LogP contribution in [0.4, 0.5) is 5.69 Å². The van der Waals surface area contributed by atoms with Crippen LogP contribution in [0.15, 0.2) is 47.4 Å². The van der Waals surface area contributed by atoms with E-state index in [1.807, 2.05) is 35.0 Å². The van der Waals surface area contributed by atoms with Gasteiger partial charge in [-0.05, 0) is 35.1 Å². The highest BCUT2D eigenvalue weighted by atomic mass is 32.1. The second-order valence-electron chi connectivity index (χ2n) is 4.96. The number of allylic oxidation sites excluding steroid dienone is 1. The standard InChI is InChI=1S/C16H14N4O2S/c17-12-3-1-10(2-4-12)5-11-7-23-8-13(11)14(21)6-15(22)16-18-9-19-20-16/h1-4,6-9,21H,5,17H2,(H,18,19,20). The molecule has 0 aliphatic carbocycles. The average Bonchev–Trinajstić information content (AvgIpc) is 3.20. The zero-order valence-electron chi connectivity index (χ0n) is 12.1. The summed E-state index contributed by atoms with van der Waals surface area (Å²) in [6.07, 6.45) is 3.04. The van der Waals surface area contributed by atoms with Gasteiger partial charge >= 0.3 is 0 Å². The first-order valence-electron chi connectivity index (χ1n) is 6.83. The Morgan fingerprint density at radius 1 is 1.30 bits per heavy atom. The highest BCUT2D eigenvalue weighted by molar-refractivity contribution is 7.08. The van der Waals surface area contributed by atoms with Gasteiger partial charge in [-0.3, -0.25) is 9.89 Å². The van der Waals surface area contributed by atoms with Crippen molar-refractivity contribution in [1.82, 2.24) is 15.2 Å². The van der Waals surface area contributed by atoms with Crippen molar-refractivity contribution in [3.8, 4) is 0 Å². The van der Waals surface area contributed by atoms with Crippen LogP contribution in [0.2, 0.25) is 0 Å². The molecule has 1 aromatic carbocycles. The Hall–Kier alpha value is -2.93. The molecule has 3 aromatic rings. The number of anilines is 1. The second kappa shape index (κ2) is 6.45. The predicted molar refractivity (Wildman–Crippen MR) is 89.3 cm³/mol. The van der Waals surface area contributed by atoms with Crippen LogP contribution in [0.25, 0.3) is 5.76 Å². The summed E-state index contributed by atoms with van der Waals surface area (Å²) in [5.41, 5.74) is 9.05. The van der Waals surface area contributed by atoms with Gasteiger partial charge in [0, 0.05) is 22.7 Å². The van der Waals surface area contributed by atoms with Crippen molar-refractivity contribution in [2.75, 3.05) is 5.73 Å². The molecule has 0 radical (unpaired) electrons. The molecule has 0 fully saturated rings. The number of H-pyrrole nitrogens is 1. The van der Waals surface area contributed by atoms with Crippen LogP contribution >= 0.6 is 11.3 Å². The Balaban J connectivity index is 1.82. The molecule has 0 bridgehead atoms. The molecule has 4 N–H and O–H groups in total. The van der Waals surface area contributed by atoms with Crippen molar-refractivity contribution >= 4 is 28.6 Å². The van der Waals surface area contributed by atoms with E-state index < -0.39 is 5.78 Å². The maximum Gasteiger partial charge on any atom is 0.226 e. The molecule has 0 amide bonds. The molecule has 0 aliphatic heterocycles. The second-order valence-corrected chi connectivity index (χ2v) is 5.70. The maximum absolute atomic E-state index is 11.9. The highest BCUT2D eigenvalue weighted by Crippen LogP contribution is 2.25. The normalized spacial score (nSPS) is 11.6. The van der Waals surface area contributed by atoms with Gasteiger partial charge in [0.2, 0.25) is 5.78 Å². The monoisotopic (exact) mass is 326 g/mol. The third-order valence-electron chi connectivity index (χ3n) is 3.31. The van der Waals surface area contributed by atoms with Crippen LogP contribution in [0.3, 0.4) is 0 Å². The molecule has 0 aliphatic rings. The number of rotatable bonds is 5. The maximum atomic E-state index is 11.9. The Labute approximate surface area is 136 Å². The van der Waals surface area contributed by atoms with E-state index in [0.29, 0.717) is 17.7 Å². The molecule has 7 heteroatoms. The Kier molecular flexibility index (Phi) is 4.20. The van der Waals surface area contributed by atoms with Crippen molar-refractivity contribution in [1.29, 1.82) is 0 Å². The van der Waals surface area contributed by atoms with Crippen molar-refractivity contribution in [3.63, 3.8) is 0 Å². The Morgan fingerprint density at radius 3 is 2.78 bits per heavy atom. The third kappa shape index (κ3) is 3.46. The number of aliphatic hydroxyl groups excluding tert-OH is 1. The molecule has 23 heavy (non-hydrogen) atoms. The number of carbonyl (C=O) groups is 1. The number of hydrogen-bond donors (Lipinski definition) is 3. The smallest absolute Gasteiger partial charge is 0.226 e. The lowest BCUT2D eigenvalue weighted by Crippen LogP contribution is -2.00. The predicted octanol–water partition coefficient (Wildman–Crippen LogP) is 2.82. The minimum atomic E-state index is -0.426. The number of aromatic amines is 1. The lowest BCUT2D eigenvalue weighted by Gasteiger charge is -2.04. The number of carbonyl (C=O) groups excluding carboxylic acids is 1. The van der Waals surface area contributed by atoms with E-state index in [-0.39, 0.29) is 11.6 Å². The lowest BCUT2D eigenvalue weighted by atomic mass is 10.0. The van der Waals surface area contributed by atoms with Gasteiger partial charge in [0.15, 0.2) is 5.82 Å². The van der Waals surface area contributed by atoms with Crippen LogP contribution in [0.5, 0.6) is 0 Å². The molecule has 6 nitrogen and oxygen atoms in total. The number of nitrogens with one attached hydrogen (secondary N) is 1. The van der Waals surface area contributed by atoms with Crippen LogP contribution in [0, 0.1) is 0 Å². The summed E-state index contributed by atoms with van der Waals surface area (Å²) in [5, 5.41) is 20.1. The van der Waals surface area contributed by atoms with Gasteiger partial charge in [0.25, 0.3) is 0 Å². The first-order valence-corrected chi connectivity index (χ1v) is 7.78. The van der Waals surface area contributed by atoms with E-state index in [0.717, 1.165) is 17.2 Å². The van der Waals surface area contributed by atoms with E-state index in [2.05, 4.69) is 15.2 Å². The van der Waals surface area contributed by atoms with Crippen molar-refractivity contribution in [3.05, 3.63) is 69.9 Å². The molecule has 2 aromatic heterocycles. The van der Waals surface area contributed by atoms with Gasteiger partial charge in [-0.15, -0.1) is 0 Å². The van der Waals surface area contributed by atoms with Gasteiger partial charge in [-0.25, -0.2) is 4.98 Å². The Bertz CT molecular complexity index is 835. The zero-order chi connectivity index (χ0) is 16.2. The van der Waals surface area contributed by atoms with E-state index in [1.165, 1.54) is 17.7 Å². The third-order valence-corrected chi connectivity index (χ3v) is 4.10. The van der Waals surface area contributed by atoms with Gasteiger partial charge in [0.1, 0.15) is 12.1 Å². The summed E-state index contributed by atoms with van der Waals surface area (Å²) in [6.45, 7) is 0. The molecule has 0 atom stereocenters. The molecule has 3 rings (SSSR count). The number of thiophene rings is 1. The molecule has 0 unspecified atom stereocenters. The van der Waals surface area contributed by atoms with Crippen LogP contribution in [-0.2, 0) is 6.42 Å². The number of nitrogens with zero attached hydrogens (tertiary/aromatic N) is 2. The zero-order valence-corrected chi connectivity index (χ0v) is 12.9. The number of aliphatic hydroxyl groups is 1. The van der Waals surface area contributed by atoms with Gasteiger partial charge in [-0.2, -0.15) is 16.4 Å². The largest absolute Gasteiger partial charge is 0.507 e. The van der Waals surface area contributed by atoms with Crippen LogP contribution in [0.1, 0.15) is 27.3 Å². The van der Waals surface area contributed by atoms with E-state index >= 15 is 0 Å². The molecule has 0 saturated carbocycles. The van der Waals surface area contributed by atoms with Crippen molar-refractivity contribution in [2.24, 2.45) is 0 Å². The number of aromatic nitrogens is 3. The van der Waals surface area contributed by atoms with Crippen LogP contribution < -0.4 is 5.73 Å². The first-order chi connectivity index (χ1) is 11.1. The highest BCUT2D eigenvalue weighted by Gasteiger charge is 2.13. The molecule has 116 valence electrons. The number of benzene rings is 1. The number of nitrogens with two attached hydrogens (primary N) is 1. The number of ketones is 1. The molecular formula is C16H14N4O2S. The molecule has 0 spiro atoms. The lowest BCUT2D eigenvalue weighted by molar-refractivity contribution is 0.103. The van der Waals surface area contributed by atoms with Crippen molar-refractivity contribution < 1.29 is 9.90 Å². The van der Waals surface area contributed by atoms with Crippen LogP contribution in [-0.4, -0.2) is 26.1 Å². The fourth-order valence-electron chi connectivity index (χ4n) is 2.14. The SMILES string of the molecule is Nc1ccc(Cc2cscc2C(O)=CC(=O)c2ncn[nH]2)cc1. The summed E-state index contributed by atoms with van der Waals surface area (Å²) in [4.78, 5) is 15.7. The fraction of sp³-hybridized carbons (Fsp3) is 0.0625. The summed E-state index contributed by atoms with van der Waals surface area (Å²) in [7, 11) is 0. The number of hydrogen-bond acceptors (Lipinski definition) is 6. The molecular weight excluding hydrogens is 312 g/mol. The number of nitrogen functional groups attached to an aromatic ring is 1. The van der Waals surface area contributed by atoms with E-state index in [4.69, 9.17) is 5.73 Å². The average molecular weight is 326 g/mol. The molecule has 0 saturated heterocycles. The Morgan fingerprint density at radius 2 is 2.09 bits per heavy atom. The topological polar surface area (TPSA) is 105 Å².